The first-order valence-electron chi connectivity index (χ1n) is 15.4. The number of para-hydroxylation sites is 1. The van der Waals surface area contributed by atoms with Crippen LogP contribution in [-0.4, -0.2) is 4.57 Å². The second-order valence-electron chi connectivity index (χ2n) is 11.6. The summed E-state index contributed by atoms with van der Waals surface area (Å²) in [5.74, 6) is 0. The van der Waals surface area contributed by atoms with Crippen molar-refractivity contribution in [2.75, 3.05) is 0 Å². The maximum absolute atomic E-state index is 9.63. The summed E-state index contributed by atoms with van der Waals surface area (Å²) >= 11 is 1.87. The molecule has 9 rings (SSSR count). The van der Waals surface area contributed by atoms with Crippen molar-refractivity contribution in [3.05, 3.63) is 163 Å². The molecular formula is C43H26N2S. The zero-order valence-corrected chi connectivity index (χ0v) is 25.6. The first-order valence-corrected chi connectivity index (χ1v) is 16.2. The molecule has 0 unspecified atom stereocenters. The van der Waals surface area contributed by atoms with Gasteiger partial charge in [0.2, 0.25) is 0 Å². The Labute approximate surface area is 270 Å². The fraction of sp³-hybridized carbons (Fsp3) is 0. The summed E-state index contributed by atoms with van der Waals surface area (Å²) in [5, 5.41) is 14.5. The Balaban J connectivity index is 1.32. The first-order chi connectivity index (χ1) is 22.8. The molecule has 0 saturated carbocycles. The minimum absolute atomic E-state index is 0.668. The van der Waals surface area contributed by atoms with E-state index in [2.05, 4.69) is 156 Å². The second-order valence-corrected chi connectivity index (χ2v) is 12.7. The van der Waals surface area contributed by atoms with Crippen molar-refractivity contribution in [1.29, 1.82) is 5.26 Å². The van der Waals surface area contributed by atoms with Gasteiger partial charge in [0, 0.05) is 42.2 Å². The Morgan fingerprint density at radius 2 is 1.13 bits per heavy atom. The molecule has 0 aliphatic rings. The van der Waals surface area contributed by atoms with Crippen molar-refractivity contribution < 1.29 is 0 Å². The fourth-order valence-electron chi connectivity index (χ4n) is 7.02. The van der Waals surface area contributed by atoms with Gasteiger partial charge in [-0.1, -0.05) is 115 Å². The highest BCUT2D eigenvalue weighted by Crippen LogP contribution is 2.46. The molecule has 0 radical (unpaired) electrons. The Hall–Kier alpha value is -5.95. The molecule has 0 atom stereocenters. The molecule has 0 spiro atoms. The van der Waals surface area contributed by atoms with Gasteiger partial charge in [-0.3, -0.25) is 0 Å². The highest BCUT2D eigenvalue weighted by molar-refractivity contribution is 7.26. The number of hydrogen-bond donors (Lipinski definition) is 0. The molecule has 214 valence electrons. The maximum Gasteiger partial charge on any atom is 0.0991 e. The third-order valence-electron chi connectivity index (χ3n) is 9.04. The maximum atomic E-state index is 9.63. The third-order valence-corrected chi connectivity index (χ3v) is 10.3. The zero-order valence-electron chi connectivity index (χ0n) is 24.8. The van der Waals surface area contributed by atoms with Crippen LogP contribution >= 0.6 is 11.3 Å². The SMILES string of the molecule is N#Cc1ccc2c(c1)c1ccccc1n2-c1cccc(-c2cccc(-c3ccccc3)c2-c2cccc3c2sc2ccccc23)c1. The van der Waals surface area contributed by atoms with Crippen LogP contribution in [0.1, 0.15) is 5.56 Å². The standard InChI is InChI=1S/C43H26N2S/c44-27-28-23-24-40-38(25-28)34-15-4-6-21-39(34)45(40)31-14-8-13-30(26-31)33-18-9-17-32(29-11-2-1-3-12-29)42(33)37-20-10-19-36-35-16-5-7-22-41(35)46-43(36)37/h1-26H. The molecule has 2 heterocycles. The van der Waals surface area contributed by atoms with E-state index in [9.17, 15) is 5.26 Å². The van der Waals surface area contributed by atoms with Gasteiger partial charge in [0.05, 0.1) is 22.7 Å². The van der Waals surface area contributed by atoms with Crippen LogP contribution in [0.2, 0.25) is 0 Å². The summed E-state index contributed by atoms with van der Waals surface area (Å²) < 4.78 is 4.93. The molecule has 9 aromatic rings. The molecule has 0 amide bonds. The molecule has 0 N–H and O–H groups in total. The molecule has 46 heavy (non-hydrogen) atoms. The van der Waals surface area contributed by atoms with Crippen molar-refractivity contribution >= 4 is 53.3 Å². The van der Waals surface area contributed by atoms with Crippen molar-refractivity contribution in [2.45, 2.75) is 0 Å². The van der Waals surface area contributed by atoms with Gasteiger partial charge in [0.15, 0.2) is 0 Å². The summed E-state index contributed by atoms with van der Waals surface area (Å²) in [6.07, 6.45) is 0. The average Bonchev–Trinajstić information content (AvgIpc) is 3.67. The number of hydrogen-bond acceptors (Lipinski definition) is 2. The molecule has 7 aromatic carbocycles. The molecule has 3 heteroatoms. The minimum Gasteiger partial charge on any atom is -0.309 e. The fourth-order valence-corrected chi connectivity index (χ4v) is 8.24. The van der Waals surface area contributed by atoms with Crippen LogP contribution < -0.4 is 0 Å². The number of nitrogens with zero attached hydrogens (tertiary/aromatic N) is 2. The number of aromatic nitrogens is 1. The van der Waals surface area contributed by atoms with Crippen molar-refractivity contribution in [3.63, 3.8) is 0 Å². The number of rotatable bonds is 4. The normalized spacial score (nSPS) is 11.5. The largest absolute Gasteiger partial charge is 0.309 e. The lowest BCUT2D eigenvalue weighted by molar-refractivity contribution is 1.18. The van der Waals surface area contributed by atoms with E-state index < -0.39 is 0 Å². The highest BCUT2D eigenvalue weighted by atomic mass is 32.1. The number of fused-ring (bicyclic) bond motifs is 6. The molecular weight excluding hydrogens is 577 g/mol. The lowest BCUT2D eigenvalue weighted by atomic mass is 9.87. The first kappa shape index (κ1) is 26.5. The monoisotopic (exact) mass is 602 g/mol. The van der Waals surface area contributed by atoms with Crippen LogP contribution in [-0.2, 0) is 0 Å². The summed E-state index contributed by atoms with van der Waals surface area (Å²) in [6.45, 7) is 0. The summed E-state index contributed by atoms with van der Waals surface area (Å²) in [4.78, 5) is 0. The van der Waals surface area contributed by atoms with Crippen molar-refractivity contribution in [2.24, 2.45) is 0 Å². The van der Waals surface area contributed by atoms with E-state index >= 15 is 0 Å². The summed E-state index contributed by atoms with van der Waals surface area (Å²) in [7, 11) is 0. The van der Waals surface area contributed by atoms with Crippen LogP contribution in [0.5, 0.6) is 0 Å². The van der Waals surface area contributed by atoms with Gasteiger partial charge in [-0.2, -0.15) is 5.26 Å². The summed E-state index contributed by atoms with van der Waals surface area (Å²) in [5.41, 5.74) is 11.2. The van der Waals surface area contributed by atoms with Gasteiger partial charge >= 0.3 is 0 Å². The molecule has 0 aliphatic heterocycles. The van der Waals surface area contributed by atoms with E-state index in [1.807, 2.05) is 23.5 Å². The van der Waals surface area contributed by atoms with Crippen LogP contribution in [0.15, 0.2) is 158 Å². The van der Waals surface area contributed by atoms with E-state index in [0.29, 0.717) is 5.56 Å². The molecule has 0 bridgehead atoms. The minimum atomic E-state index is 0.668. The second kappa shape index (κ2) is 10.6. The van der Waals surface area contributed by atoms with Gasteiger partial charge in [-0.25, -0.2) is 0 Å². The third kappa shape index (κ3) is 4.09. The lowest BCUT2D eigenvalue weighted by Crippen LogP contribution is -1.95. The van der Waals surface area contributed by atoms with Gasteiger partial charge < -0.3 is 4.57 Å². The van der Waals surface area contributed by atoms with Crippen LogP contribution in [0.4, 0.5) is 0 Å². The summed E-state index contributed by atoms with van der Waals surface area (Å²) in [6, 6.07) is 58.5. The van der Waals surface area contributed by atoms with Gasteiger partial charge in [0.25, 0.3) is 0 Å². The Kier molecular flexibility index (Phi) is 6.09. The Morgan fingerprint density at radius 1 is 0.478 bits per heavy atom. The van der Waals surface area contributed by atoms with E-state index in [1.165, 1.54) is 48.0 Å². The smallest absolute Gasteiger partial charge is 0.0991 e. The Bertz CT molecular complexity index is 2650. The quantitative estimate of drug-likeness (QED) is 0.197. The topological polar surface area (TPSA) is 28.7 Å². The van der Waals surface area contributed by atoms with E-state index in [1.54, 1.807) is 0 Å². The molecule has 0 fully saturated rings. The van der Waals surface area contributed by atoms with E-state index in [0.717, 1.165) is 33.1 Å². The van der Waals surface area contributed by atoms with Crippen LogP contribution in [0, 0.1) is 11.3 Å². The predicted molar refractivity (Wildman–Crippen MR) is 195 cm³/mol. The predicted octanol–water partition coefficient (Wildman–Crippen LogP) is 12.0. The lowest BCUT2D eigenvalue weighted by Gasteiger charge is -2.18. The van der Waals surface area contributed by atoms with Crippen LogP contribution in [0.3, 0.4) is 0 Å². The molecule has 2 aromatic heterocycles. The zero-order chi connectivity index (χ0) is 30.6. The van der Waals surface area contributed by atoms with E-state index in [4.69, 9.17) is 0 Å². The molecule has 0 aliphatic carbocycles. The number of benzene rings is 7. The van der Waals surface area contributed by atoms with Gasteiger partial charge in [-0.05, 0) is 70.3 Å². The average molecular weight is 603 g/mol. The number of thiophene rings is 1. The highest BCUT2D eigenvalue weighted by Gasteiger charge is 2.19. The number of nitriles is 1. The van der Waals surface area contributed by atoms with Gasteiger partial charge in [-0.15, -0.1) is 11.3 Å². The van der Waals surface area contributed by atoms with Crippen molar-refractivity contribution in [1.82, 2.24) is 4.57 Å². The molecule has 0 saturated heterocycles. The van der Waals surface area contributed by atoms with Crippen molar-refractivity contribution in [3.8, 4) is 45.1 Å². The Morgan fingerprint density at radius 3 is 2.00 bits per heavy atom. The molecule has 2 nitrogen and oxygen atoms in total. The van der Waals surface area contributed by atoms with Crippen LogP contribution in [0.25, 0.3) is 81.0 Å². The van der Waals surface area contributed by atoms with E-state index in [-0.39, 0.29) is 0 Å². The van der Waals surface area contributed by atoms with Gasteiger partial charge in [0.1, 0.15) is 0 Å².